The van der Waals surface area contributed by atoms with Crippen molar-refractivity contribution in [2.75, 3.05) is 13.7 Å². The van der Waals surface area contributed by atoms with Gasteiger partial charge in [-0.3, -0.25) is 0 Å². The molecule has 0 aliphatic heterocycles. The van der Waals surface area contributed by atoms with E-state index >= 15 is 0 Å². The Bertz CT molecular complexity index is 156. The van der Waals surface area contributed by atoms with Crippen molar-refractivity contribution in [1.29, 1.82) is 0 Å². The molecule has 0 aromatic carbocycles. The lowest BCUT2D eigenvalue weighted by molar-refractivity contribution is -0.161. The van der Waals surface area contributed by atoms with Gasteiger partial charge in [0.25, 0.3) is 0 Å². The van der Waals surface area contributed by atoms with Gasteiger partial charge in [0, 0.05) is 7.11 Å². The predicted octanol–water partition coefficient (Wildman–Crippen LogP) is 1.12. The summed E-state index contributed by atoms with van der Waals surface area (Å²) >= 11 is 0. The lowest BCUT2D eigenvalue weighted by Gasteiger charge is -2.16. The minimum Gasteiger partial charge on any atom is -0.464 e. The fourth-order valence-corrected chi connectivity index (χ4v) is 1.10. The second kappa shape index (κ2) is 7.76. The summed E-state index contributed by atoms with van der Waals surface area (Å²) in [5.74, 6) is -0.487. The zero-order chi connectivity index (χ0) is 11.0. The van der Waals surface area contributed by atoms with Crippen LogP contribution in [0.1, 0.15) is 33.1 Å². The van der Waals surface area contributed by atoms with E-state index in [1.165, 1.54) is 14.0 Å². The molecular formula is C10H20O4. The van der Waals surface area contributed by atoms with Gasteiger partial charge in [-0.15, -0.1) is 0 Å². The summed E-state index contributed by atoms with van der Waals surface area (Å²) in [6.07, 6.45) is 1.29. The number of carbonyl (C=O) groups is 1. The minimum absolute atomic E-state index is 0.402. The van der Waals surface area contributed by atoms with Crippen LogP contribution in [0.5, 0.6) is 0 Å². The van der Waals surface area contributed by atoms with Crippen LogP contribution in [0.25, 0.3) is 0 Å². The molecule has 0 fully saturated rings. The molecule has 1 N–H and O–H groups in total. The van der Waals surface area contributed by atoms with Crippen molar-refractivity contribution >= 4 is 5.97 Å². The SMILES string of the molecule is CCCCCOC(=O)C(OC)C(C)O. The number of ether oxygens (including phenoxy) is 2. The lowest BCUT2D eigenvalue weighted by Crippen LogP contribution is -2.35. The van der Waals surface area contributed by atoms with Crippen LogP contribution >= 0.6 is 0 Å². The smallest absolute Gasteiger partial charge is 0.337 e. The van der Waals surface area contributed by atoms with Crippen molar-refractivity contribution in [3.63, 3.8) is 0 Å². The standard InChI is InChI=1S/C10H20O4/c1-4-5-6-7-14-10(12)9(13-3)8(2)11/h8-9,11H,4-7H2,1-3H3. The van der Waals surface area contributed by atoms with Gasteiger partial charge in [0.1, 0.15) is 0 Å². The topological polar surface area (TPSA) is 55.8 Å². The first-order chi connectivity index (χ1) is 6.63. The van der Waals surface area contributed by atoms with Crippen LogP contribution in [-0.2, 0) is 14.3 Å². The zero-order valence-corrected chi connectivity index (χ0v) is 9.16. The van der Waals surface area contributed by atoms with E-state index in [0.29, 0.717) is 6.61 Å². The molecule has 0 saturated heterocycles. The Morgan fingerprint density at radius 2 is 2.07 bits per heavy atom. The monoisotopic (exact) mass is 204 g/mol. The molecule has 0 aromatic heterocycles. The van der Waals surface area contributed by atoms with Gasteiger partial charge in [-0.25, -0.2) is 4.79 Å². The van der Waals surface area contributed by atoms with Crippen molar-refractivity contribution in [3.8, 4) is 0 Å². The highest BCUT2D eigenvalue weighted by molar-refractivity contribution is 5.75. The molecule has 0 aliphatic rings. The van der Waals surface area contributed by atoms with Crippen LogP contribution in [0.15, 0.2) is 0 Å². The number of esters is 1. The molecule has 4 heteroatoms. The first-order valence-corrected chi connectivity index (χ1v) is 5.01. The number of carbonyl (C=O) groups excluding carboxylic acids is 1. The van der Waals surface area contributed by atoms with Gasteiger partial charge in [-0.1, -0.05) is 19.8 Å². The number of unbranched alkanes of at least 4 members (excludes halogenated alkanes) is 2. The molecule has 0 bridgehead atoms. The molecule has 2 unspecified atom stereocenters. The van der Waals surface area contributed by atoms with E-state index in [0.717, 1.165) is 19.3 Å². The fraction of sp³-hybridized carbons (Fsp3) is 0.900. The third-order valence-corrected chi connectivity index (χ3v) is 1.92. The molecule has 0 spiro atoms. The molecule has 0 amide bonds. The van der Waals surface area contributed by atoms with Crippen molar-refractivity contribution in [2.45, 2.75) is 45.3 Å². The van der Waals surface area contributed by atoms with Gasteiger partial charge >= 0.3 is 5.97 Å². The van der Waals surface area contributed by atoms with E-state index in [4.69, 9.17) is 14.6 Å². The Hall–Kier alpha value is -0.610. The van der Waals surface area contributed by atoms with Crippen molar-refractivity contribution in [2.24, 2.45) is 0 Å². The van der Waals surface area contributed by atoms with Crippen LogP contribution in [0.3, 0.4) is 0 Å². The molecule has 0 heterocycles. The van der Waals surface area contributed by atoms with Gasteiger partial charge in [0.05, 0.1) is 12.7 Å². The lowest BCUT2D eigenvalue weighted by atomic mass is 10.2. The molecule has 0 saturated carbocycles. The van der Waals surface area contributed by atoms with Gasteiger partial charge < -0.3 is 14.6 Å². The Kier molecular flexibility index (Phi) is 7.42. The van der Waals surface area contributed by atoms with Crippen molar-refractivity contribution in [3.05, 3.63) is 0 Å². The number of methoxy groups -OCH3 is 1. The third kappa shape index (κ3) is 5.19. The first kappa shape index (κ1) is 13.4. The predicted molar refractivity (Wildman–Crippen MR) is 53.0 cm³/mol. The van der Waals surface area contributed by atoms with Gasteiger partial charge in [0.15, 0.2) is 6.10 Å². The summed E-state index contributed by atoms with van der Waals surface area (Å²) < 4.78 is 9.74. The number of rotatable bonds is 7. The quantitative estimate of drug-likeness (QED) is 0.498. The summed E-state index contributed by atoms with van der Waals surface area (Å²) in [6, 6.07) is 0. The molecule has 0 aromatic rings. The summed E-state index contributed by atoms with van der Waals surface area (Å²) in [7, 11) is 1.38. The van der Waals surface area contributed by atoms with E-state index in [9.17, 15) is 4.79 Å². The zero-order valence-electron chi connectivity index (χ0n) is 9.16. The third-order valence-electron chi connectivity index (χ3n) is 1.92. The highest BCUT2D eigenvalue weighted by atomic mass is 16.6. The van der Waals surface area contributed by atoms with Crippen molar-refractivity contribution < 1.29 is 19.4 Å². The Morgan fingerprint density at radius 1 is 1.43 bits per heavy atom. The molecule has 0 radical (unpaired) electrons. The van der Waals surface area contributed by atoms with Gasteiger partial charge in [-0.05, 0) is 13.3 Å². The summed E-state index contributed by atoms with van der Waals surface area (Å²) in [5, 5.41) is 9.16. The van der Waals surface area contributed by atoms with E-state index in [-0.39, 0.29) is 0 Å². The van der Waals surface area contributed by atoms with E-state index < -0.39 is 18.2 Å². The molecule has 4 nitrogen and oxygen atoms in total. The second-order valence-electron chi connectivity index (χ2n) is 3.27. The van der Waals surface area contributed by atoms with Gasteiger partial charge in [-0.2, -0.15) is 0 Å². The van der Waals surface area contributed by atoms with E-state index in [2.05, 4.69) is 6.92 Å². The van der Waals surface area contributed by atoms with Crippen LogP contribution in [0.4, 0.5) is 0 Å². The normalized spacial score (nSPS) is 14.9. The second-order valence-corrected chi connectivity index (χ2v) is 3.27. The average molecular weight is 204 g/mol. The molecule has 0 rings (SSSR count). The molecule has 14 heavy (non-hydrogen) atoms. The number of hydrogen-bond acceptors (Lipinski definition) is 4. The number of hydrogen-bond donors (Lipinski definition) is 1. The average Bonchev–Trinajstić information content (AvgIpc) is 2.13. The highest BCUT2D eigenvalue weighted by Crippen LogP contribution is 2.02. The number of aliphatic hydroxyl groups excluding tert-OH is 1. The Balaban J connectivity index is 3.70. The Morgan fingerprint density at radius 3 is 2.50 bits per heavy atom. The summed E-state index contributed by atoms with van der Waals surface area (Å²) in [5.41, 5.74) is 0. The fourth-order valence-electron chi connectivity index (χ4n) is 1.10. The Labute approximate surface area is 85.2 Å². The van der Waals surface area contributed by atoms with Crippen LogP contribution in [0, 0.1) is 0 Å². The largest absolute Gasteiger partial charge is 0.464 e. The highest BCUT2D eigenvalue weighted by Gasteiger charge is 2.24. The first-order valence-electron chi connectivity index (χ1n) is 5.01. The maximum atomic E-state index is 11.3. The van der Waals surface area contributed by atoms with Crippen LogP contribution < -0.4 is 0 Å². The number of aliphatic hydroxyl groups is 1. The summed E-state index contributed by atoms with van der Waals surface area (Å²) in [4.78, 5) is 11.3. The molecular weight excluding hydrogens is 184 g/mol. The van der Waals surface area contributed by atoms with Crippen LogP contribution in [0.2, 0.25) is 0 Å². The van der Waals surface area contributed by atoms with E-state index in [1.807, 2.05) is 0 Å². The van der Waals surface area contributed by atoms with E-state index in [1.54, 1.807) is 0 Å². The molecule has 2 atom stereocenters. The van der Waals surface area contributed by atoms with Gasteiger partial charge in [0.2, 0.25) is 0 Å². The maximum absolute atomic E-state index is 11.3. The molecule has 0 aliphatic carbocycles. The summed E-state index contributed by atoms with van der Waals surface area (Å²) in [6.45, 7) is 3.98. The maximum Gasteiger partial charge on any atom is 0.337 e. The van der Waals surface area contributed by atoms with Crippen LogP contribution in [-0.4, -0.2) is 37.0 Å². The minimum atomic E-state index is -0.864. The molecule has 84 valence electrons. The van der Waals surface area contributed by atoms with Crippen molar-refractivity contribution in [1.82, 2.24) is 0 Å².